The fraction of sp³-hybridized carbons (Fsp3) is 0.0500. The van der Waals surface area contributed by atoms with Crippen molar-refractivity contribution >= 4 is 46.3 Å². The molecule has 3 heteroatoms. The summed E-state index contributed by atoms with van der Waals surface area (Å²) in [4.78, 5) is 22.7. The van der Waals surface area contributed by atoms with Gasteiger partial charge in [-0.25, -0.2) is 0 Å². The molecule has 208 valence electrons. The van der Waals surface area contributed by atoms with E-state index in [-0.39, 0.29) is 0 Å². The fourth-order valence-electron chi connectivity index (χ4n) is 5.33. The molecule has 2 unspecified atom stereocenters. The van der Waals surface area contributed by atoms with Crippen LogP contribution in [-0.2, 0) is 4.74 Å². The Morgan fingerprint density at radius 3 is 1.26 bits per heavy atom. The molecule has 0 spiro atoms. The number of fused-ring (bicyclic) bond motifs is 2. The van der Waals surface area contributed by atoms with Crippen LogP contribution in [0, 0.1) is 0 Å². The molecule has 43 heavy (non-hydrogen) atoms. The molecule has 0 bridgehead atoms. The van der Waals surface area contributed by atoms with E-state index in [1.54, 1.807) is 0 Å². The predicted octanol–water partition coefficient (Wildman–Crippen LogP) is 9.84. The maximum atomic E-state index is 11.4. The Bertz CT molecular complexity index is 1780. The number of carbonyl (C=O) groups is 2. The Kier molecular flexibility index (Phi) is 8.44. The smallest absolute Gasteiger partial charge is 0.150 e. The normalized spacial score (nSPS) is 13.0. The second-order valence-corrected chi connectivity index (χ2v) is 10.4. The van der Waals surface area contributed by atoms with Crippen molar-refractivity contribution in [3.05, 3.63) is 179 Å². The Balaban J connectivity index is 1.41. The van der Waals surface area contributed by atoms with Crippen molar-refractivity contribution in [3.8, 4) is 0 Å². The van der Waals surface area contributed by atoms with E-state index in [0.717, 1.165) is 45.6 Å². The van der Waals surface area contributed by atoms with Crippen LogP contribution in [0.4, 0.5) is 0 Å². The predicted molar refractivity (Wildman–Crippen MR) is 176 cm³/mol. The molecule has 0 fully saturated rings. The van der Waals surface area contributed by atoms with Crippen molar-refractivity contribution in [2.45, 2.75) is 12.2 Å². The molecule has 0 radical (unpaired) electrons. The van der Waals surface area contributed by atoms with Gasteiger partial charge in [0.05, 0.1) is 0 Å². The maximum Gasteiger partial charge on any atom is 0.150 e. The molecule has 3 nitrogen and oxygen atoms in total. The molecule has 0 N–H and O–H groups in total. The summed E-state index contributed by atoms with van der Waals surface area (Å²) in [5, 5.41) is 4.66. The summed E-state index contributed by atoms with van der Waals surface area (Å²) in [6.07, 6.45) is 9.17. The minimum Gasteiger partial charge on any atom is -0.357 e. The second kappa shape index (κ2) is 13.1. The summed E-state index contributed by atoms with van der Waals surface area (Å²) in [6, 6.07) is 44.1. The Labute approximate surface area is 251 Å². The molecule has 6 aromatic rings. The molecule has 2 atom stereocenters. The van der Waals surface area contributed by atoms with Gasteiger partial charge in [0.2, 0.25) is 0 Å². The van der Waals surface area contributed by atoms with Gasteiger partial charge in [-0.05, 0) is 43.8 Å². The Morgan fingerprint density at radius 1 is 0.442 bits per heavy atom. The van der Waals surface area contributed by atoms with Crippen LogP contribution in [0.1, 0.15) is 55.2 Å². The van der Waals surface area contributed by atoms with E-state index in [1.165, 1.54) is 10.8 Å². The first-order chi connectivity index (χ1) is 21.2. The monoisotopic (exact) mass is 558 g/mol. The minimum absolute atomic E-state index is 0.424. The van der Waals surface area contributed by atoms with Crippen molar-refractivity contribution in [2.75, 3.05) is 0 Å². The first kappa shape index (κ1) is 27.8. The zero-order valence-electron chi connectivity index (χ0n) is 23.5. The van der Waals surface area contributed by atoms with Crippen molar-refractivity contribution < 1.29 is 14.3 Å². The van der Waals surface area contributed by atoms with Crippen molar-refractivity contribution in [3.63, 3.8) is 0 Å². The third-order valence-corrected chi connectivity index (χ3v) is 7.64. The highest BCUT2D eigenvalue weighted by Gasteiger charge is 2.17. The number of aldehydes is 2. The molecule has 0 aliphatic carbocycles. The molecule has 0 amide bonds. The van der Waals surface area contributed by atoms with Crippen LogP contribution in [-0.4, -0.2) is 12.6 Å². The van der Waals surface area contributed by atoms with Gasteiger partial charge in [-0.3, -0.25) is 9.59 Å². The molecule has 0 heterocycles. The lowest BCUT2D eigenvalue weighted by atomic mass is 10.0. The van der Waals surface area contributed by atoms with E-state index in [2.05, 4.69) is 85.0 Å². The van der Waals surface area contributed by atoms with E-state index in [0.29, 0.717) is 11.1 Å². The van der Waals surface area contributed by atoms with Gasteiger partial charge >= 0.3 is 0 Å². The van der Waals surface area contributed by atoms with Gasteiger partial charge < -0.3 is 4.74 Å². The van der Waals surface area contributed by atoms with Gasteiger partial charge in [-0.1, -0.05) is 158 Å². The zero-order chi connectivity index (χ0) is 29.4. The van der Waals surface area contributed by atoms with Gasteiger partial charge in [0, 0.05) is 11.1 Å². The van der Waals surface area contributed by atoms with Crippen LogP contribution in [0.5, 0.6) is 0 Å². The van der Waals surface area contributed by atoms with Crippen LogP contribution in [0.25, 0.3) is 33.7 Å². The quantitative estimate of drug-likeness (QED) is 0.157. The first-order valence-electron chi connectivity index (χ1n) is 14.3. The van der Waals surface area contributed by atoms with Gasteiger partial charge in [0.1, 0.15) is 24.8 Å². The summed E-state index contributed by atoms with van der Waals surface area (Å²) in [6.45, 7) is 0. The third-order valence-electron chi connectivity index (χ3n) is 7.64. The molecule has 0 aliphatic heterocycles. The number of hydrogen-bond acceptors (Lipinski definition) is 3. The van der Waals surface area contributed by atoms with Crippen LogP contribution < -0.4 is 0 Å². The average Bonchev–Trinajstić information content (AvgIpc) is 3.08. The summed E-state index contributed by atoms with van der Waals surface area (Å²) < 4.78 is 6.89. The maximum absolute atomic E-state index is 11.4. The van der Waals surface area contributed by atoms with Gasteiger partial charge in [0.25, 0.3) is 0 Å². The lowest BCUT2D eigenvalue weighted by molar-refractivity contribution is 0.0408. The summed E-state index contributed by atoms with van der Waals surface area (Å²) >= 11 is 0. The number of hydrogen-bond donors (Lipinski definition) is 0. The Morgan fingerprint density at radius 2 is 0.837 bits per heavy atom. The van der Waals surface area contributed by atoms with E-state index in [9.17, 15) is 9.59 Å². The SMILES string of the molecule is O=Cc1ccc(C(C=Cc2cccc3ccccc23)OC(C=Cc2cccc3ccccc23)c2ccc(C=O)cc2)cc1. The van der Waals surface area contributed by atoms with E-state index in [4.69, 9.17) is 4.74 Å². The number of rotatable bonds is 10. The topological polar surface area (TPSA) is 43.4 Å². The third kappa shape index (κ3) is 6.43. The molecule has 0 saturated heterocycles. The van der Waals surface area contributed by atoms with Crippen molar-refractivity contribution in [2.24, 2.45) is 0 Å². The molecule has 6 rings (SSSR count). The van der Waals surface area contributed by atoms with Crippen molar-refractivity contribution in [1.29, 1.82) is 0 Å². The first-order valence-corrected chi connectivity index (χ1v) is 14.3. The zero-order valence-corrected chi connectivity index (χ0v) is 23.5. The highest BCUT2D eigenvalue weighted by atomic mass is 16.5. The standard InChI is InChI=1S/C40H30O3/c41-27-29-15-19-35(20-16-29)39(25-23-33-11-5-9-31-7-1-3-13-37(31)33)43-40(36-21-17-30(28-42)18-22-36)26-24-34-12-6-10-32-8-2-4-14-38(32)34/h1-28,39-40H. The van der Waals surface area contributed by atoms with E-state index >= 15 is 0 Å². The van der Waals surface area contributed by atoms with E-state index in [1.807, 2.05) is 72.8 Å². The second-order valence-electron chi connectivity index (χ2n) is 10.4. The average molecular weight is 559 g/mol. The Hall–Kier alpha value is -5.38. The summed E-state index contributed by atoms with van der Waals surface area (Å²) in [7, 11) is 0. The minimum atomic E-state index is -0.424. The summed E-state index contributed by atoms with van der Waals surface area (Å²) in [5.41, 5.74) is 5.25. The van der Waals surface area contributed by atoms with Crippen LogP contribution in [0.2, 0.25) is 0 Å². The lowest BCUT2D eigenvalue weighted by Gasteiger charge is -2.22. The number of benzene rings is 6. The number of ether oxygens (including phenoxy) is 1. The van der Waals surface area contributed by atoms with Gasteiger partial charge in [-0.15, -0.1) is 0 Å². The number of carbonyl (C=O) groups excluding carboxylic acids is 2. The van der Waals surface area contributed by atoms with Crippen LogP contribution in [0.15, 0.2) is 146 Å². The van der Waals surface area contributed by atoms with Gasteiger partial charge in [0.15, 0.2) is 0 Å². The largest absolute Gasteiger partial charge is 0.357 e. The molecule has 6 aromatic carbocycles. The molecule has 0 aromatic heterocycles. The van der Waals surface area contributed by atoms with Crippen LogP contribution in [0.3, 0.4) is 0 Å². The van der Waals surface area contributed by atoms with E-state index < -0.39 is 12.2 Å². The fourth-order valence-corrected chi connectivity index (χ4v) is 5.33. The van der Waals surface area contributed by atoms with Crippen LogP contribution >= 0.6 is 0 Å². The molecule has 0 aliphatic rings. The molecular weight excluding hydrogens is 528 g/mol. The lowest BCUT2D eigenvalue weighted by Crippen LogP contribution is -2.08. The highest BCUT2D eigenvalue weighted by molar-refractivity contribution is 5.91. The molecule has 0 saturated carbocycles. The molecular formula is C40H30O3. The van der Waals surface area contributed by atoms with Gasteiger partial charge in [-0.2, -0.15) is 0 Å². The summed E-state index contributed by atoms with van der Waals surface area (Å²) in [5.74, 6) is 0. The highest BCUT2D eigenvalue weighted by Crippen LogP contribution is 2.32. The van der Waals surface area contributed by atoms with Crippen molar-refractivity contribution in [1.82, 2.24) is 0 Å².